The molecule has 1 aliphatic rings. The fourth-order valence-corrected chi connectivity index (χ4v) is 3.11. The molecular weight excluding hydrogens is 421 g/mol. The van der Waals surface area contributed by atoms with Crippen LogP contribution in [-0.2, 0) is 16.1 Å². The zero-order chi connectivity index (χ0) is 22.4. The molecule has 1 unspecified atom stereocenters. The van der Waals surface area contributed by atoms with Gasteiger partial charge in [0.25, 0.3) is 0 Å². The molecule has 1 atom stereocenters. The van der Waals surface area contributed by atoms with E-state index >= 15 is 0 Å². The van der Waals surface area contributed by atoms with Crippen LogP contribution in [-0.4, -0.2) is 36.1 Å². The van der Waals surface area contributed by atoms with Gasteiger partial charge in [0.15, 0.2) is 17.9 Å². The third-order valence-corrected chi connectivity index (χ3v) is 4.61. The van der Waals surface area contributed by atoms with Gasteiger partial charge in [0, 0.05) is 35.7 Å². The van der Waals surface area contributed by atoms with E-state index in [9.17, 15) is 9.18 Å². The van der Waals surface area contributed by atoms with E-state index in [1.54, 1.807) is 37.4 Å². The molecule has 0 aliphatic carbocycles. The number of hydrogen-bond acceptors (Lipinski definition) is 6. The van der Waals surface area contributed by atoms with Gasteiger partial charge in [0.1, 0.15) is 0 Å². The van der Waals surface area contributed by atoms with Gasteiger partial charge in [-0.15, -0.1) is 0 Å². The molecule has 6 nitrogen and oxygen atoms in total. The molecular formula is C23H25ClFN3O3. The van der Waals surface area contributed by atoms with Gasteiger partial charge in [-0.3, -0.25) is 0 Å². The first kappa shape index (κ1) is 22.6. The second kappa shape index (κ2) is 10.3. The Morgan fingerprint density at radius 3 is 2.65 bits per heavy atom. The number of nitrogens with zero attached hydrogens (tertiary/aromatic N) is 2. The summed E-state index contributed by atoms with van der Waals surface area (Å²) in [6.07, 6.45) is 2.47. The van der Waals surface area contributed by atoms with E-state index < -0.39 is 18.1 Å². The van der Waals surface area contributed by atoms with Crippen molar-refractivity contribution in [2.24, 2.45) is 4.99 Å². The Bertz CT molecular complexity index is 977. The van der Waals surface area contributed by atoms with Gasteiger partial charge in [-0.25, -0.2) is 14.2 Å². The quantitative estimate of drug-likeness (QED) is 0.579. The van der Waals surface area contributed by atoms with Gasteiger partial charge in [0.05, 0.1) is 18.3 Å². The van der Waals surface area contributed by atoms with Crippen LogP contribution in [0.5, 0.6) is 5.75 Å². The third-order valence-electron chi connectivity index (χ3n) is 4.35. The molecule has 0 aromatic heterocycles. The summed E-state index contributed by atoms with van der Waals surface area (Å²) in [5.41, 5.74) is 1.84. The summed E-state index contributed by atoms with van der Waals surface area (Å²) < 4.78 is 24.9. The average molecular weight is 446 g/mol. The zero-order valence-corrected chi connectivity index (χ0v) is 18.4. The molecule has 31 heavy (non-hydrogen) atoms. The standard InChI is InChI=1S/C23H25ClFN3O3/c1-4-30-22(29)17-12-26-23(28(14-17)13-16-5-7-18(24)8-6-16)27-19-9-10-21(20(25)11-19)31-15(2)3/h5-12,14-15,23,27H,4,13H2,1-3H3. The predicted molar refractivity (Wildman–Crippen MR) is 120 cm³/mol. The van der Waals surface area contributed by atoms with Crippen molar-refractivity contribution in [3.63, 3.8) is 0 Å². The highest BCUT2D eigenvalue weighted by Crippen LogP contribution is 2.25. The molecule has 0 saturated heterocycles. The molecule has 1 heterocycles. The van der Waals surface area contributed by atoms with Crippen molar-refractivity contribution < 1.29 is 18.7 Å². The molecule has 0 fully saturated rings. The number of rotatable bonds is 8. The van der Waals surface area contributed by atoms with E-state index in [1.807, 2.05) is 30.9 Å². The maximum atomic E-state index is 14.4. The number of hydrogen-bond donors (Lipinski definition) is 1. The van der Waals surface area contributed by atoms with Gasteiger partial charge in [0.2, 0.25) is 0 Å². The monoisotopic (exact) mass is 445 g/mol. The van der Waals surface area contributed by atoms with Crippen LogP contribution >= 0.6 is 11.6 Å². The van der Waals surface area contributed by atoms with Crippen molar-refractivity contribution in [3.05, 3.63) is 70.6 Å². The van der Waals surface area contributed by atoms with Gasteiger partial charge >= 0.3 is 5.97 Å². The molecule has 0 amide bonds. The topological polar surface area (TPSA) is 63.2 Å². The summed E-state index contributed by atoms with van der Waals surface area (Å²) >= 11 is 5.98. The maximum absolute atomic E-state index is 14.4. The number of aliphatic imine (C=N–C) groups is 1. The number of carbonyl (C=O) groups is 1. The summed E-state index contributed by atoms with van der Waals surface area (Å²) in [7, 11) is 0. The largest absolute Gasteiger partial charge is 0.488 e. The van der Waals surface area contributed by atoms with Crippen molar-refractivity contribution in [3.8, 4) is 5.75 Å². The van der Waals surface area contributed by atoms with Crippen LogP contribution in [0.25, 0.3) is 0 Å². The van der Waals surface area contributed by atoms with Crippen molar-refractivity contribution >= 4 is 29.5 Å². The molecule has 3 rings (SSSR count). The maximum Gasteiger partial charge on any atom is 0.341 e. The summed E-state index contributed by atoms with van der Waals surface area (Å²) in [6.45, 7) is 6.14. The van der Waals surface area contributed by atoms with Crippen LogP contribution in [0.3, 0.4) is 0 Å². The van der Waals surface area contributed by atoms with Gasteiger partial charge in [-0.05, 0) is 50.6 Å². The molecule has 1 N–H and O–H groups in total. The Morgan fingerprint density at radius 1 is 1.26 bits per heavy atom. The molecule has 2 aromatic carbocycles. The smallest absolute Gasteiger partial charge is 0.341 e. The van der Waals surface area contributed by atoms with Gasteiger partial charge < -0.3 is 19.7 Å². The number of anilines is 1. The first-order valence-electron chi connectivity index (χ1n) is 10.0. The van der Waals surface area contributed by atoms with E-state index in [1.165, 1.54) is 12.3 Å². The highest BCUT2D eigenvalue weighted by Gasteiger charge is 2.23. The molecule has 8 heteroatoms. The molecule has 0 spiro atoms. The number of carbonyl (C=O) groups excluding carboxylic acids is 1. The Morgan fingerprint density at radius 2 is 2.00 bits per heavy atom. The highest BCUT2D eigenvalue weighted by atomic mass is 35.5. The average Bonchev–Trinajstić information content (AvgIpc) is 2.73. The van der Waals surface area contributed by atoms with Crippen molar-refractivity contribution in [2.75, 3.05) is 11.9 Å². The first-order valence-corrected chi connectivity index (χ1v) is 10.4. The second-order valence-corrected chi connectivity index (χ2v) is 7.65. The first-order chi connectivity index (χ1) is 14.9. The lowest BCUT2D eigenvalue weighted by Gasteiger charge is -2.32. The summed E-state index contributed by atoms with van der Waals surface area (Å²) in [6, 6.07) is 12.0. The Labute approximate surface area is 186 Å². The number of benzene rings is 2. The van der Waals surface area contributed by atoms with E-state index in [0.717, 1.165) is 5.56 Å². The SMILES string of the molecule is CCOC(=O)C1=CN(Cc2ccc(Cl)cc2)C(Nc2ccc(OC(C)C)c(F)c2)N=C1. The van der Waals surface area contributed by atoms with Crippen LogP contribution < -0.4 is 10.1 Å². The Balaban J connectivity index is 1.81. The molecule has 164 valence electrons. The van der Waals surface area contributed by atoms with Crippen LogP contribution in [0, 0.1) is 5.82 Å². The van der Waals surface area contributed by atoms with Gasteiger partial charge in [-0.2, -0.15) is 0 Å². The molecule has 0 bridgehead atoms. The predicted octanol–water partition coefficient (Wildman–Crippen LogP) is 5.00. The molecule has 2 aromatic rings. The second-order valence-electron chi connectivity index (χ2n) is 7.21. The highest BCUT2D eigenvalue weighted by molar-refractivity contribution is 6.30. The molecule has 1 aliphatic heterocycles. The number of nitrogens with one attached hydrogen (secondary N) is 1. The Kier molecular flexibility index (Phi) is 7.52. The number of ether oxygens (including phenoxy) is 2. The summed E-state index contributed by atoms with van der Waals surface area (Å²) in [4.78, 5) is 18.5. The lowest BCUT2D eigenvalue weighted by atomic mass is 10.2. The van der Waals surface area contributed by atoms with E-state index in [0.29, 0.717) is 22.8 Å². The lowest BCUT2D eigenvalue weighted by molar-refractivity contribution is -0.137. The van der Waals surface area contributed by atoms with E-state index in [2.05, 4.69) is 10.3 Å². The van der Waals surface area contributed by atoms with Crippen LogP contribution in [0.15, 0.2) is 59.2 Å². The normalized spacial score (nSPS) is 15.6. The zero-order valence-electron chi connectivity index (χ0n) is 17.6. The van der Waals surface area contributed by atoms with Crippen molar-refractivity contribution in [1.29, 1.82) is 0 Å². The summed E-state index contributed by atoms with van der Waals surface area (Å²) in [5.74, 6) is -0.729. The van der Waals surface area contributed by atoms with E-state index in [4.69, 9.17) is 21.1 Å². The minimum Gasteiger partial charge on any atom is -0.488 e. The third kappa shape index (κ3) is 6.21. The Hall–Kier alpha value is -3.06. The fraction of sp³-hybridized carbons (Fsp3) is 0.304. The van der Waals surface area contributed by atoms with E-state index in [-0.39, 0.29) is 18.5 Å². The van der Waals surface area contributed by atoms with Crippen LogP contribution in [0.1, 0.15) is 26.3 Å². The fourth-order valence-electron chi connectivity index (χ4n) is 2.98. The molecule has 0 radical (unpaired) electrons. The van der Waals surface area contributed by atoms with Crippen molar-refractivity contribution in [1.82, 2.24) is 4.90 Å². The number of halogens is 2. The van der Waals surface area contributed by atoms with Crippen molar-refractivity contribution in [2.45, 2.75) is 39.7 Å². The minimum atomic E-state index is -0.551. The summed E-state index contributed by atoms with van der Waals surface area (Å²) in [5, 5.41) is 3.82. The minimum absolute atomic E-state index is 0.127. The van der Waals surface area contributed by atoms with Crippen LogP contribution in [0.4, 0.5) is 10.1 Å². The number of esters is 1. The van der Waals surface area contributed by atoms with Crippen LogP contribution in [0.2, 0.25) is 5.02 Å². The van der Waals surface area contributed by atoms with Gasteiger partial charge in [-0.1, -0.05) is 23.7 Å². The lowest BCUT2D eigenvalue weighted by Crippen LogP contribution is -2.38. The molecule has 0 saturated carbocycles.